The molecule has 1 N–H and O–H groups in total. The number of thiazole rings is 1. The second-order valence-corrected chi connectivity index (χ2v) is 6.35. The fourth-order valence-corrected chi connectivity index (χ4v) is 3.46. The summed E-state index contributed by atoms with van der Waals surface area (Å²) in [4.78, 5) is 16.0. The number of rotatable bonds is 3. The Kier molecular flexibility index (Phi) is 3.59. The molecule has 24 heavy (non-hydrogen) atoms. The number of hydrogen-bond acceptors (Lipinski definition) is 4. The molecule has 0 aliphatic carbocycles. The van der Waals surface area contributed by atoms with Crippen LogP contribution in [0.25, 0.3) is 26.6 Å². The molecule has 0 saturated carbocycles. The van der Waals surface area contributed by atoms with Crippen LogP contribution in [-0.4, -0.2) is 20.7 Å². The Morgan fingerprint density at radius 1 is 1.08 bits per heavy atom. The van der Waals surface area contributed by atoms with Crippen LogP contribution in [0.15, 0.2) is 60.7 Å². The standard InChI is InChI=1S/C18H14N4OS/c1-12(23)19-17-11-15(13-7-3-2-4-8-13)22(21-17)18-20-14-9-5-6-10-16(14)24-18/h2-11H,1H3,(H,19,21,23). The molecule has 0 bridgehead atoms. The Hall–Kier alpha value is -2.99. The fourth-order valence-electron chi connectivity index (χ4n) is 2.53. The van der Waals surface area contributed by atoms with Gasteiger partial charge < -0.3 is 5.32 Å². The first-order valence-electron chi connectivity index (χ1n) is 7.50. The third-order valence-corrected chi connectivity index (χ3v) is 4.56. The van der Waals surface area contributed by atoms with Crippen LogP contribution in [-0.2, 0) is 4.79 Å². The number of amides is 1. The zero-order chi connectivity index (χ0) is 16.5. The highest BCUT2D eigenvalue weighted by Gasteiger charge is 2.15. The van der Waals surface area contributed by atoms with Crippen molar-refractivity contribution in [1.29, 1.82) is 0 Å². The summed E-state index contributed by atoms with van der Waals surface area (Å²) in [5.74, 6) is 0.365. The summed E-state index contributed by atoms with van der Waals surface area (Å²) in [5, 5.41) is 8.04. The van der Waals surface area contributed by atoms with Gasteiger partial charge in [0.1, 0.15) is 0 Å². The molecule has 2 heterocycles. The molecule has 4 aromatic rings. The normalized spacial score (nSPS) is 10.9. The van der Waals surface area contributed by atoms with E-state index in [2.05, 4.69) is 15.4 Å². The molecule has 6 heteroatoms. The van der Waals surface area contributed by atoms with E-state index in [1.54, 1.807) is 16.0 Å². The third-order valence-electron chi connectivity index (χ3n) is 3.55. The number of hydrogen-bond donors (Lipinski definition) is 1. The van der Waals surface area contributed by atoms with Crippen LogP contribution in [0.3, 0.4) is 0 Å². The largest absolute Gasteiger partial charge is 0.309 e. The first-order chi connectivity index (χ1) is 11.7. The number of nitrogens with zero attached hydrogens (tertiary/aromatic N) is 3. The smallest absolute Gasteiger partial charge is 0.222 e. The van der Waals surface area contributed by atoms with E-state index in [0.717, 1.165) is 26.6 Å². The SMILES string of the molecule is CC(=O)Nc1cc(-c2ccccc2)n(-c2nc3ccccc3s2)n1. The molecule has 1 amide bonds. The maximum absolute atomic E-state index is 11.4. The van der Waals surface area contributed by atoms with Gasteiger partial charge in [0, 0.05) is 18.6 Å². The minimum Gasteiger partial charge on any atom is -0.309 e. The number of aromatic nitrogens is 3. The van der Waals surface area contributed by atoms with E-state index in [4.69, 9.17) is 0 Å². The predicted octanol–water partition coefficient (Wildman–Crippen LogP) is 4.11. The molecule has 118 valence electrons. The third kappa shape index (κ3) is 2.68. The molecule has 0 unspecified atom stereocenters. The van der Waals surface area contributed by atoms with Crippen molar-refractivity contribution < 1.29 is 4.79 Å². The number of fused-ring (bicyclic) bond motifs is 1. The van der Waals surface area contributed by atoms with E-state index in [1.165, 1.54) is 6.92 Å². The van der Waals surface area contributed by atoms with Gasteiger partial charge in [-0.05, 0) is 12.1 Å². The van der Waals surface area contributed by atoms with Gasteiger partial charge in [-0.25, -0.2) is 9.67 Å². The Bertz CT molecular complexity index is 987. The van der Waals surface area contributed by atoms with Crippen molar-refractivity contribution in [1.82, 2.24) is 14.8 Å². The average molecular weight is 334 g/mol. The highest BCUT2D eigenvalue weighted by Crippen LogP contribution is 2.30. The summed E-state index contributed by atoms with van der Waals surface area (Å²) in [7, 11) is 0. The van der Waals surface area contributed by atoms with Crippen LogP contribution in [0.2, 0.25) is 0 Å². The van der Waals surface area contributed by atoms with Crippen LogP contribution in [0.5, 0.6) is 0 Å². The number of benzene rings is 2. The van der Waals surface area contributed by atoms with E-state index in [-0.39, 0.29) is 5.91 Å². The number of para-hydroxylation sites is 1. The zero-order valence-electron chi connectivity index (χ0n) is 12.9. The highest BCUT2D eigenvalue weighted by molar-refractivity contribution is 7.20. The lowest BCUT2D eigenvalue weighted by atomic mass is 10.1. The maximum Gasteiger partial charge on any atom is 0.222 e. The van der Waals surface area contributed by atoms with Gasteiger partial charge in [-0.1, -0.05) is 53.8 Å². The van der Waals surface area contributed by atoms with Gasteiger partial charge in [-0.2, -0.15) is 0 Å². The molecule has 0 fully saturated rings. The summed E-state index contributed by atoms with van der Waals surface area (Å²) in [6, 6.07) is 19.8. The van der Waals surface area contributed by atoms with E-state index in [9.17, 15) is 4.79 Å². The lowest BCUT2D eigenvalue weighted by molar-refractivity contribution is -0.114. The van der Waals surface area contributed by atoms with E-state index in [1.807, 2.05) is 60.7 Å². The van der Waals surface area contributed by atoms with Gasteiger partial charge in [-0.3, -0.25) is 4.79 Å². The Balaban J connectivity index is 1.89. The minimum absolute atomic E-state index is 0.149. The van der Waals surface area contributed by atoms with Gasteiger partial charge in [0.15, 0.2) is 5.82 Å². The Morgan fingerprint density at radius 2 is 1.83 bits per heavy atom. The number of carbonyl (C=O) groups is 1. The monoisotopic (exact) mass is 334 g/mol. The molecular formula is C18H14N4OS. The second kappa shape index (κ2) is 5.90. The molecular weight excluding hydrogens is 320 g/mol. The molecule has 0 aliphatic heterocycles. The van der Waals surface area contributed by atoms with Gasteiger partial charge >= 0.3 is 0 Å². The topological polar surface area (TPSA) is 59.8 Å². The molecule has 2 aromatic heterocycles. The van der Waals surface area contributed by atoms with Gasteiger partial charge in [0.25, 0.3) is 0 Å². The summed E-state index contributed by atoms with van der Waals surface area (Å²) in [6.07, 6.45) is 0. The van der Waals surface area contributed by atoms with Crippen molar-refractivity contribution in [3.8, 4) is 16.4 Å². The summed E-state index contributed by atoms with van der Waals surface area (Å²) >= 11 is 1.57. The van der Waals surface area contributed by atoms with Crippen molar-refractivity contribution in [2.45, 2.75) is 6.92 Å². The molecule has 0 aliphatic rings. The molecule has 5 nitrogen and oxygen atoms in total. The molecule has 0 spiro atoms. The predicted molar refractivity (Wildman–Crippen MR) is 96.5 cm³/mol. The number of carbonyl (C=O) groups excluding carboxylic acids is 1. The number of nitrogens with one attached hydrogen (secondary N) is 1. The van der Waals surface area contributed by atoms with Crippen molar-refractivity contribution in [3.63, 3.8) is 0 Å². The van der Waals surface area contributed by atoms with Crippen LogP contribution >= 0.6 is 11.3 Å². The van der Waals surface area contributed by atoms with Gasteiger partial charge in [0.05, 0.1) is 15.9 Å². The first kappa shape index (κ1) is 14.6. The van der Waals surface area contributed by atoms with Crippen molar-refractivity contribution in [2.24, 2.45) is 0 Å². The second-order valence-electron chi connectivity index (χ2n) is 5.34. The van der Waals surface area contributed by atoms with Crippen molar-refractivity contribution in [2.75, 3.05) is 5.32 Å². The van der Waals surface area contributed by atoms with Crippen molar-refractivity contribution >= 4 is 33.3 Å². The zero-order valence-corrected chi connectivity index (χ0v) is 13.7. The highest BCUT2D eigenvalue weighted by atomic mass is 32.1. The van der Waals surface area contributed by atoms with E-state index < -0.39 is 0 Å². The van der Waals surface area contributed by atoms with Crippen molar-refractivity contribution in [3.05, 3.63) is 60.7 Å². The average Bonchev–Trinajstić information content (AvgIpc) is 3.18. The molecule has 4 rings (SSSR count). The lowest BCUT2D eigenvalue weighted by Crippen LogP contribution is -2.07. The van der Waals surface area contributed by atoms with Gasteiger partial charge in [0.2, 0.25) is 11.0 Å². The van der Waals surface area contributed by atoms with E-state index >= 15 is 0 Å². The minimum atomic E-state index is -0.149. The van der Waals surface area contributed by atoms with Crippen LogP contribution in [0.1, 0.15) is 6.92 Å². The molecule has 0 atom stereocenters. The molecule has 0 radical (unpaired) electrons. The molecule has 0 saturated heterocycles. The van der Waals surface area contributed by atoms with Gasteiger partial charge in [-0.15, -0.1) is 5.10 Å². The summed E-state index contributed by atoms with van der Waals surface area (Å²) in [6.45, 7) is 1.47. The Labute approximate surface area is 142 Å². The fraction of sp³-hybridized carbons (Fsp3) is 0.0556. The van der Waals surface area contributed by atoms with E-state index in [0.29, 0.717) is 5.82 Å². The summed E-state index contributed by atoms with van der Waals surface area (Å²) < 4.78 is 2.88. The Morgan fingerprint density at radius 3 is 2.58 bits per heavy atom. The lowest BCUT2D eigenvalue weighted by Gasteiger charge is -2.03. The molecule has 2 aromatic carbocycles. The summed E-state index contributed by atoms with van der Waals surface area (Å²) in [5.41, 5.74) is 2.84. The number of anilines is 1. The van der Waals surface area contributed by atoms with Crippen LogP contribution in [0, 0.1) is 0 Å². The first-order valence-corrected chi connectivity index (χ1v) is 8.31. The maximum atomic E-state index is 11.4. The van der Waals surface area contributed by atoms with Crippen LogP contribution in [0.4, 0.5) is 5.82 Å². The quantitative estimate of drug-likeness (QED) is 0.613. The van der Waals surface area contributed by atoms with Crippen LogP contribution < -0.4 is 5.32 Å².